The van der Waals surface area contributed by atoms with Gasteiger partial charge in [0.1, 0.15) is 0 Å². The molecule has 2 amide bonds. The molecule has 1 saturated heterocycles. The molecular formula is C18H25N3O2. The highest BCUT2D eigenvalue weighted by Gasteiger charge is 2.18. The summed E-state index contributed by atoms with van der Waals surface area (Å²) in [6, 6.07) is 5.24. The largest absolute Gasteiger partial charge is 0.370 e. The van der Waals surface area contributed by atoms with Gasteiger partial charge in [-0.25, -0.2) is 0 Å². The van der Waals surface area contributed by atoms with Crippen LogP contribution in [0.2, 0.25) is 0 Å². The Balaban J connectivity index is 2.26. The zero-order valence-corrected chi connectivity index (χ0v) is 13.9. The highest BCUT2D eigenvalue weighted by atomic mass is 16.1. The van der Waals surface area contributed by atoms with Gasteiger partial charge in [0, 0.05) is 24.7 Å². The van der Waals surface area contributed by atoms with Gasteiger partial charge < -0.3 is 16.0 Å². The summed E-state index contributed by atoms with van der Waals surface area (Å²) in [5.41, 5.74) is 8.39. The predicted molar refractivity (Wildman–Crippen MR) is 93.7 cm³/mol. The van der Waals surface area contributed by atoms with Crippen molar-refractivity contribution in [2.45, 2.75) is 39.5 Å². The molecule has 0 saturated carbocycles. The van der Waals surface area contributed by atoms with Crippen molar-refractivity contribution in [2.75, 3.05) is 23.3 Å². The van der Waals surface area contributed by atoms with Crippen molar-refractivity contribution in [3.63, 3.8) is 0 Å². The number of hydrogen-bond acceptors (Lipinski definition) is 3. The Kier molecular flexibility index (Phi) is 5.79. The van der Waals surface area contributed by atoms with E-state index in [1.165, 1.54) is 0 Å². The van der Waals surface area contributed by atoms with Crippen LogP contribution in [-0.2, 0) is 4.79 Å². The summed E-state index contributed by atoms with van der Waals surface area (Å²) >= 11 is 0. The van der Waals surface area contributed by atoms with Crippen molar-refractivity contribution in [1.82, 2.24) is 0 Å². The molecule has 23 heavy (non-hydrogen) atoms. The second-order valence-corrected chi connectivity index (χ2v) is 6.02. The van der Waals surface area contributed by atoms with E-state index in [0.717, 1.165) is 50.0 Å². The standard InChI is InChI=1S/C18H25N3O2/c1-3-6-13(2)11-17(22)20-15-12-14(18(19)23)7-8-16(15)21-9-4-5-10-21/h7-8,11-12H,3-6,9-10H2,1-2H3,(H2,19,23)(H,20,22)/b13-11+. The van der Waals surface area contributed by atoms with Crippen LogP contribution in [0.15, 0.2) is 29.8 Å². The fourth-order valence-electron chi connectivity index (χ4n) is 2.88. The number of rotatable bonds is 6. The summed E-state index contributed by atoms with van der Waals surface area (Å²) in [4.78, 5) is 25.9. The summed E-state index contributed by atoms with van der Waals surface area (Å²) in [6.07, 6.45) is 5.80. The van der Waals surface area contributed by atoms with Crippen LogP contribution in [0.4, 0.5) is 11.4 Å². The lowest BCUT2D eigenvalue weighted by Crippen LogP contribution is -2.21. The van der Waals surface area contributed by atoms with Gasteiger partial charge in [-0.05, 0) is 44.4 Å². The van der Waals surface area contributed by atoms with Crippen LogP contribution in [0, 0.1) is 0 Å². The highest BCUT2D eigenvalue weighted by molar-refractivity contribution is 6.03. The molecule has 0 aliphatic carbocycles. The monoisotopic (exact) mass is 315 g/mol. The number of allylic oxidation sites excluding steroid dienone is 1. The number of nitrogens with two attached hydrogens (primary N) is 1. The van der Waals surface area contributed by atoms with E-state index < -0.39 is 5.91 Å². The number of hydrogen-bond donors (Lipinski definition) is 2. The molecule has 0 unspecified atom stereocenters. The van der Waals surface area contributed by atoms with Gasteiger partial charge in [0.2, 0.25) is 11.8 Å². The van der Waals surface area contributed by atoms with Crippen molar-refractivity contribution in [3.8, 4) is 0 Å². The van der Waals surface area contributed by atoms with Crippen molar-refractivity contribution < 1.29 is 9.59 Å². The first-order valence-corrected chi connectivity index (χ1v) is 8.18. The van der Waals surface area contributed by atoms with Crippen LogP contribution >= 0.6 is 0 Å². The Bertz CT molecular complexity index is 617. The van der Waals surface area contributed by atoms with Gasteiger partial charge in [0.05, 0.1) is 11.4 Å². The average Bonchev–Trinajstić information content (AvgIpc) is 3.01. The van der Waals surface area contributed by atoms with Gasteiger partial charge in [-0.2, -0.15) is 0 Å². The molecule has 1 heterocycles. The van der Waals surface area contributed by atoms with Gasteiger partial charge in [-0.3, -0.25) is 9.59 Å². The molecule has 2 rings (SSSR count). The summed E-state index contributed by atoms with van der Waals surface area (Å²) in [5.74, 6) is -0.663. The molecule has 0 bridgehead atoms. The number of amides is 2. The summed E-state index contributed by atoms with van der Waals surface area (Å²) in [5, 5.41) is 2.91. The molecule has 3 N–H and O–H groups in total. The number of nitrogens with one attached hydrogen (secondary N) is 1. The highest BCUT2D eigenvalue weighted by Crippen LogP contribution is 2.30. The third kappa shape index (κ3) is 4.58. The predicted octanol–water partition coefficient (Wildman–Crippen LogP) is 3.07. The summed E-state index contributed by atoms with van der Waals surface area (Å²) in [7, 11) is 0. The maximum Gasteiger partial charge on any atom is 0.248 e. The molecule has 0 atom stereocenters. The lowest BCUT2D eigenvalue weighted by molar-refractivity contribution is -0.112. The van der Waals surface area contributed by atoms with Crippen LogP contribution in [0.25, 0.3) is 0 Å². The normalized spacial score (nSPS) is 14.9. The van der Waals surface area contributed by atoms with Crippen LogP contribution in [0.3, 0.4) is 0 Å². The molecule has 0 spiro atoms. The molecule has 1 fully saturated rings. The minimum atomic E-state index is -0.494. The lowest BCUT2D eigenvalue weighted by Gasteiger charge is -2.22. The van der Waals surface area contributed by atoms with Crippen LogP contribution in [0.1, 0.15) is 49.9 Å². The molecule has 0 aromatic heterocycles. The maximum atomic E-state index is 12.2. The van der Waals surface area contributed by atoms with E-state index in [1.807, 2.05) is 13.0 Å². The number of carbonyl (C=O) groups excluding carboxylic acids is 2. The minimum Gasteiger partial charge on any atom is -0.370 e. The Hall–Kier alpha value is -2.30. The maximum absolute atomic E-state index is 12.2. The first kappa shape index (κ1) is 17.1. The molecule has 124 valence electrons. The SMILES string of the molecule is CCC/C(C)=C/C(=O)Nc1cc(C(N)=O)ccc1N1CCCC1. The first-order valence-electron chi connectivity index (χ1n) is 8.18. The third-order valence-electron chi connectivity index (χ3n) is 4.01. The van der Waals surface area contributed by atoms with Gasteiger partial charge in [-0.1, -0.05) is 18.9 Å². The van der Waals surface area contributed by atoms with E-state index in [2.05, 4.69) is 17.1 Å². The first-order chi connectivity index (χ1) is 11.0. The van der Waals surface area contributed by atoms with E-state index in [0.29, 0.717) is 11.3 Å². The van der Waals surface area contributed by atoms with E-state index in [-0.39, 0.29) is 5.91 Å². The number of benzene rings is 1. The van der Waals surface area contributed by atoms with Crippen LogP contribution < -0.4 is 16.0 Å². The fraction of sp³-hybridized carbons (Fsp3) is 0.444. The lowest BCUT2D eigenvalue weighted by atomic mass is 10.1. The molecule has 5 heteroatoms. The van der Waals surface area contributed by atoms with Gasteiger partial charge in [0.25, 0.3) is 0 Å². The third-order valence-corrected chi connectivity index (χ3v) is 4.01. The number of carbonyl (C=O) groups is 2. The second kappa shape index (κ2) is 7.81. The molecule has 0 radical (unpaired) electrons. The zero-order chi connectivity index (χ0) is 16.8. The number of nitrogens with zero attached hydrogens (tertiary/aromatic N) is 1. The Morgan fingerprint density at radius 3 is 2.61 bits per heavy atom. The van der Waals surface area contributed by atoms with E-state index in [9.17, 15) is 9.59 Å². The topological polar surface area (TPSA) is 75.4 Å². The fourth-order valence-corrected chi connectivity index (χ4v) is 2.88. The minimum absolute atomic E-state index is 0.169. The average molecular weight is 315 g/mol. The van der Waals surface area contributed by atoms with Crippen molar-refractivity contribution in [2.24, 2.45) is 5.73 Å². The van der Waals surface area contributed by atoms with Crippen molar-refractivity contribution in [1.29, 1.82) is 0 Å². The summed E-state index contributed by atoms with van der Waals surface area (Å²) in [6.45, 7) is 5.95. The van der Waals surface area contributed by atoms with Crippen molar-refractivity contribution in [3.05, 3.63) is 35.4 Å². The molecular weight excluding hydrogens is 290 g/mol. The second-order valence-electron chi connectivity index (χ2n) is 6.02. The molecule has 1 aliphatic rings. The van der Waals surface area contributed by atoms with Crippen molar-refractivity contribution >= 4 is 23.2 Å². The quantitative estimate of drug-likeness (QED) is 0.792. The van der Waals surface area contributed by atoms with Crippen LogP contribution in [-0.4, -0.2) is 24.9 Å². The van der Waals surface area contributed by atoms with E-state index >= 15 is 0 Å². The smallest absolute Gasteiger partial charge is 0.248 e. The van der Waals surface area contributed by atoms with E-state index in [1.54, 1.807) is 18.2 Å². The molecule has 1 aromatic rings. The molecule has 5 nitrogen and oxygen atoms in total. The van der Waals surface area contributed by atoms with Gasteiger partial charge in [0.15, 0.2) is 0 Å². The Labute approximate surface area is 137 Å². The number of anilines is 2. The number of primary amides is 1. The Morgan fingerprint density at radius 2 is 2.00 bits per heavy atom. The van der Waals surface area contributed by atoms with Gasteiger partial charge in [-0.15, -0.1) is 0 Å². The van der Waals surface area contributed by atoms with Gasteiger partial charge >= 0.3 is 0 Å². The Morgan fingerprint density at radius 1 is 1.30 bits per heavy atom. The summed E-state index contributed by atoms with van der Waals surface area (Å²) < 4.78 is 0. The zero-order valence-electron chi connectivity index (χ0n) is 13.9. The molecule has 1 aliphatic heterocycles. The molecule has 1 aromatic carbocycles. The van der Waals surface area contributed by atoms with Crippen LogP contribution in [0.5, 0.6) is 0 Å². The van der Waals surface area contributed by atoms with E-state index in [4.69, 9.17) is 5.73 Å².